The lowest BCUT2D eigenvalue weighted by molar-refractivity contribution is 0.582. The van der Waals surface area contributed by atoms with Crippen molar-refractivity contribution in [1.82, 2.24) is 24.9 Å². The van der Waals surface area contributed by atoms with Crippen LogP contribution in [-0.2, 0) is 0 Å². The van der Waals surface area contributed by atoms with E-state index in [0.717, 1.165) is 48.9 Å². The normalized spacial score (nSPS) is 18.2. The fraction of sp³-hybridized carbons (Fsp3) is 0.389. The molecule has 1 saturated heterocycles. The molecule has 122 valence electrons. The maximum Gasteiger partial charge on any atom is 0.154 e. The van der Waals surface area contributed by atoms with Crippen molar-refractivity contribution in [3.63, 3.8) is 0 Å². The lowest BCUT2D eigenvalue weighted by atomic mass is 10.1. The molecule has 5 rings (SSSR count). The first-order valence-corrected chi connectivity index (χ1v) is 8.66. The molecule has 1 aliphatic carbocycles. The Labute approximate surface area is 140 Å². The molecule has 0 unspecified atom stereocenters. The summed E-state index contributed by atoms with van der Waals surface area (Å²) in [6, 6.07) is 8.30. The third-order valence-electron chi connectivity index (χ3n) is 4.85. The molecule has 1 aliphatic heterocycles. The average molecular weight is 320 g/mol. The molecule has 4 heterocycles. The number of imidazole rings is 1. The van der Waals surface area contributed by atoms with Gasteiger partial charge in [0.25, 0.3) is 0 Å². The summed E-state index contributed by atoms with van der Waals surface area (Å²) in [7, 11) is 0. The van der Waals surface area contributed by atoms with Gasteiger partial charge in [0.1, 0.15) is 5.82 Å². The Balaban J connectivity index is 1.67. The van der Waals surface area contributed by atoms with Crippen LogP contribution in [0.4, 0.5) is 5.82 Å². The molecule has 3 aromatic heterocycles. The van der Waals surface area contributed by atoms with E-state index < -0.39 is 0 Å². The number of nitrogens with one attached hydrogen (secondary N) is 1. The summed E-state index contributed by atoms with van der Waals surface area (Å²) in [5.41, 5.74) is 4.39. The van der Waals surface area contributed by atoms with E-state index in [2.05, 4.69) is 39.5 Å². The molecule has 0 radical (unpaired) electrons. The SMILES string of the molecule is c1cc(-c2c(C3CC3)nc3ccc(N4CCNCC4)nn23)ccn1. The zero-order valence-electron chi connectivity index (χ0n) is 13.5. The zero-order valence-corrected chi connectivity index (χ0v) is 13.5. The highest BCUT2D eigenvalue weighted by atomic mass is 15.3. The third kappa shape index (κ3) is 2.34. The van der Waals surface area contributed by atoms with Gasteiger partial charge in [-0.15, -0.1) is 5.10 Å². The van der Waals surface area contributed by atoms with E-state index in [1.54, 1.807) is 0 Å². The standard InChI is InChI=1S/C18H20N6/c1-2-13(1)17-18(14-5-7-19-8-6-14)24-15(21-17)3-4-16(22-24)23-11-9-20-10-12-23/h3-8,13,20H,1-2,9-12H2. The predicted molar refractivity (Wildman–Crippen MR) is 93.3 cm³/mol. The van der Waals surface area contributed by atoms with Crippen LogP contribution < -0.4 is 10.2 Å². The van der Waals surface area contributed by atoms with Crippen molar-refractivity contribution in [3.8, 4) is 11.3 Å². The van der Waals surface area contributed by atoms with Gasteiger partial charge in [-0.1, -0.05) is 0 Å². The number of pyridine rings is 1. The quantitative estimate of drug-likeness (QED) is 0.801. The topological polar surface area (TPSA) is 58.4 Å². The second-order valence-electron chi connectivity index (χ2n) is 6.55. The molecule has 2 aliphatic rings. The second-order valence-corrected chi connectivity index (χ2v) is 6.55. The van der Waals surface area contributed by atoms with Gasteiger partial charge in [-0.2, -0.15) is 0 Å². The van der Waals surface area contributed by atoms with Gasteiger partial charge < -0.3 is 10.2 Å². The summed E-state index contributed by atoms with van der Waals surface area (Å²) in [6.07, 6.45) is 6.14. The van der Waals surface area contributed by atoms with Gasteiger partial charge in [-0.05, 0) is 37.1 Å². The van der Waals surface area contributed by atoms with E-state index in [1.807, 2.05) is 16.9 Å². The molecule has 3 aromatic rings. The average Bonchev–Trinajstić information content (AvgIpc) is 3.43. The summed E-state index contributed by atoms with van der Waals surface area (Å²) >= 11 is 0. The highest BCUT2D eigenvalue weighted by Gasteiger charge is 2.31. The predicted octanol–water partition coefficient (Wildman–Crippen LogP) is 2.08. The minimum atomic E-state index is 0.581. The van der Waals surface area contributed by atoms with E-state index in [-0.39, 0.29) is 0 Å². The Hall–Kier alpha value is -2.47. The molecule has 0 aromatic carbocycles. The van der Waals surface area contributed by atoms with Gasteiger partial charge in [0.2, 0.25) is 0 Å². The maximum absolute atomic E-state index is 4.94. The van der Waals surface area contributed by atoms with Gasteiger partial charge in [0.05, 0.1) is 11.4 Å². The van der Waals surface area contributed by atoms with E-state index in [4.69, 9.17) is 10.1 Å². The van der Waals surface area contributed by atoms with Gasteiger partial charge in [-0.3, -0.25) is 4.98 Å². The molecular weight excluding hydrogens is 300 g/mol. The van der Waals surface area contributed by atoms with Crippen LogP contribution in [0.2, 0.25) is 0 Å². The fourth-order valence-electron chi connectivity index (χ4n) is 3.42. The molecule has 6 heteroatoms. The summed E-state index contributed by atoms with van der Waals surface area (Å²) in [5.74, 6) is 1.61. The molecule has 0 amide bonds. The van der Waals surface area contributed by atoms with Crippen molar-refractivity contribution >= 4 is 11.5 Å². The van der Waals surface area contributed by atoms with Crippen molar-refractivity contribution in [2.75, 3.05) is 31.1 Å². The first-order chi connectivity index (χ1) is 11.9. The minimum Gasteiger partial charge on any atom is -0.353 e. The number of hydrogen-bond acceptors (Lipinski definition) is 5. The van der Waals surface area contributed by atoms with Crippen LogP contribution in [-0.4, -0.2) is 45.8 Å². The molecular formula is C18H20N6. The van der Waals surface area contributed by atoms with Crippen molar-refractivity contribution in [1.29, 1.82) is 0 Å². The van der Waals surface area contributed by atoms with Crippen LogP contribution in [0.1, 0.15) is 24.5 Å². The van der Waals surface area contributed by atoms with Crippen LogP contribution in [0.15, 0.2) is 36.7 Å². The highest BCUT2D eigenvalue weighted by molar-refractivity contribution is 5.68. The number of aromatic nitrogens is 4. The Morgan fingerprint density at radius 2 is 1.79 bits per heavy atom. The summed E-state index contributed by atoms with van der Waals surface area (Å²) in [6.45, 7) is 4.00. The van der Waals surface area contributed by atoms with Crippen molar-refractivity contribution in [2.24, 2.45) is 0 Å². The third-order valence-corrected chi connectivity index (χ3v) is 4.85. The Bertz CT molecular complexity index is 862. The maximum atomic E-state index is 4.94. The lowest BCUT2D eigenvalue weighted by Gasteiger charge is -2.28. The van der Waals surface area contributed by atoms with Crippen LogP contribution >= 0.6 is 0 Å². The number of rotatable bonds is 3. The van der Waals surface area contributed by atoms with Gasteiger partial charge in [0, 0.05) is 50.1 Å². The largest absolute Gasteiger partial charge is 0.353 e. The lowest BCUT2D eigenvalue weighted by Crippen LogP contribution is -2.44. The first kappa shape index (κ1) is 13.9. The second kappa shape index (κ2) is 5.56. The first-order valence-electron chi connectivity index (χ1n) is 8.66. The van der Waals surface area contributed by atoms with E-state index in [0.29, 0.717) is 5.92 Å². The van der Waals surface area contributed by atoms with Gasteiger partial charge in [-0.25, -0.2) is 9.50 Å². The summed E-state index contributed by atoms with van der Waals surface area (Å²) in [5, 5.41) is 8.33. The summed E-state index contributed by atoms with van der Waals surface area (Å²) < 4.78 is 2.03. The molecule has 0 atom stereocenters. The molecule has 2 fully saturated rings. The molecule has 0 bridgehead atoms. The minimum absolute atomic E-state index is 0.581. The van der Waals surface area contributed by atoms with Crippen molar-refractivity contribution < 1.29 is 0 Å². The number of fused-ring (bicyclic) bond motifs is 1. The Morgan fingerprint density at radius 3 is 2.54 bits per heavy atom. The molecule has 6 nitrogen and oxygen atoms in total. The Morgan fingerprint density at radius 1 is 1.00 bits per heavy atom. The van der Waals surface area contributed by atoms with E-state index >= 15 is 0 Å². The molecule has 24 heavy (non-hydrogen) atoms. The van der Waals surface area contributed by atoms with E-state index in [9.17, 15) is 0 Å². The van der Waals surface area contributed by atoms with Crippen LogP contribution in [0, 0.1) is 0 Å². The number of hydrogen-bond donors (Lipinski definition) is 1. The Kier molecular flexibility index (Phi) is 3.23. The number of anilines is 1. The van der Waals surface area contributed by atoms with Crippen molar-refractivity contribution in [2.45, 2.75) is 18.8 Å². The molecule has 1 saturated carbocycles. The van der Waals surface area contributed by atoms with Gasteiger partial charge >= 0.3 is 0 Å². The molecule has 1 N–H and O–H groups in total. The van der Waals surface area contributed by atoms with Gasteiger partial charge in [0.15, 0.2) is 5.65 Å². The molecule has 0 spiro atoms. The number of piperazine rings is 1. The highest BCUT2D eigenvalue weighted by Crippen LogP contribution is 2.44. The number of nitrogens with zero attached hydrogens (tertiary/aromatic N) is 5. The van der Waals surface area contributed by atoms with Crippen LogP contribution in [0.5, 0.6) is 0 Å². The van der Waals surface area contributed by atoms with Crippen LogP contribution in [0.25, 0.3) is 16.9 Å². The van der Waals surface area contributed by atoms with Crippen molar-refractivity contribution in [3.05, 3.63) is 42.4 Å². The monoisotopic (exact) mass is 320 g/mol. The van der Waals surface area contributed by atoms with E-state index in [1.165, 1.54) is 18.5 Å². The summed E-state index contributed by atoms with van der Waals surface area (Å²) in [4.78, 5) is 11.4. The fourth-order valence-corrected chi connectivity index (χ4v) is 3.42. The zero-order chi connectivity index (χ0) is 15.9. The smallest absolute Gasteiger partial charge is 0.154 e. The van der Waals surface area contributed by atoms with Crippen LogP contribution in [0.3, 0.4) is 0 Å².